The molecule has 4 rings (SSSR count). The highest BCUT2D eigenvalue weighted by Gasteiger charge is 2.13. The van der Waals surface area contributed by atoms with Crippen molar-refractivity contribution in [2.75, 3.05) is 16.4 Å². The molecule has 4 aromatic rings. The molecule has 1 aromatic heterocycles. The normalized spacial score (nSPS) is 10.8. The van der Waals surface area contributed by atoms with Gasteiger partial charge in [-0.05, 0) is 53.6 Å². The number of carbonyl (C=O) groups excluding carboxylic acids is 1. The summed E-state index contributed by atoms with van der Waals surface area (Å²) in [5.41, 5.74) is 9.34. The van der Waals surface area contributed by atoms with E-state index in [1.165, 1.54) is 0 Å². The van der Waals surface area contributed by atoms with E-state index >= 15 is 0 Å². The third-order valence-electron chi connectivity index (χ3n) is 4.26. The lowest BCUT2D eigenvalue weighted by Gasteiger charge is -2.10. The van der Waals surface area contributed by atoms with E-state index in [1.807, 2.05) is 12.1 Å². The first-order chi connectivity index (χ1) is 13.5. The molecule has 0 aliphatic heterocycles. The standard InChI is InChI=1S/C20H16ClN5O2/c21-12-2-1-3-14(10-12)24-20(28)23-13-6-4-11(5-7-13)15-8-9-16(27)18-17(15)19(22)26-25-18/h1-10,27H,(H3,22,25,26)(H2,23,24,28). The Kier molecular flexibility index (Phi) is 4.50. The maximum absolute atomic E-state index is 12.1. The molecule has 8 heteroatoms. The molecule has 140 valence electrons. The Hall–Kier alpha value is -3.71. The fourth-order valence-corrected chi connectivity index (χ4v) is 3.17. The lowest BCUT2D eigenvalue weighted by atomic mass is 10.0. The number of amides is 2. The van der Waals surface area contributed by atoms with E-state index in [4.69, 9.17) is 17.3 Å². The minimum atomic E-state index is -0.374. The first kappa shape index (κ1) is 17.7. The van der Waals surface area contributed by atoms with Crippen molar-refractivity contribution < 1.29 is 9.90 Å². The zero-order valence-electron chi connectivity index (χ0n) is 14.5. The molecule has 0 spiro atoms. The van der Waals surface area contributed by atoms with Gasteiger partial charge in [0.25, 0.3) is 0 Å². The molecule has 1 heterocycles. The van der Waals surface area contributed by atoms with Gasteiger partial charge in [-0.25, -0.2) is 4.79 Å². The SMILES string of the molecule is Nc1n[nH]c2c(O)ccc(-c3ccc(NC(=O)Nc4cccc(Cl)c4)cc3)c12. The second-order valence-electron chi connectivity index (χ2n) is 6.16. The van der Waals surface area contributed by atoms with Gasteiger partial charge in [0.2, 0.25) is 0 Å². The van der Waals surface area contributed by atoms with Crippen LogP contribution in [0.2, 0.25) is 5.02 Å². The molecule has 0 unspecified atom stereocenters. The molecule has 0 aliphatic rings. The first-order valence-corrected chi connectivity index (χ1v) is 8.78. The van der Waals surface area contributed by atoms with Crippen LogP contribution in [0.15, 0.2) is 60.7 Å². The largest absolute Gasteiger partial charge is 0.506 e. The highest BCUT2D eigenvalue weighted by Crippen LogP contribution is 2.36. The quantitative estimate of drug-likeness (QED) is 0.343. The summed E-state index contributed by atoms with van der Waals surface area (Å²) in [5, 5.41) is 23.3. The summed E-state index contributed by atoms with van der Waals surface area (Å²) >= 11 is 5.92. The Labute approximate surface area is 165 Å². The maximum atomic E-state index is 12.1. The molecule has 7 nitrogen and oxygen atoms in total. The molecule has 0 bridgehead atoms. The summed E-state index contributed by atoms with van der Waals surface area (Å²) in [6, 6.07) is 17.2. The number of phenolic OH excluding ortho intramolecular Hbond substituents is 1. The molecule has 3 aromatic carbocycles. The second-order valence-corrected chi connectivity index (χ2v) is 6.59. The van der Waals surface area contributed by atoms with E-state index in [2.05, 4.69) is 20.8 Å². The van der Waals surface area contributed by atoms with E-state index in [-0.39, 0.29) is 11.8 Å². The second kappa shape index (κ2) is 7.13. The van der Waals surface area contributed by atoms with E-state index in [9.17, 15) is 9.90 Å². The summed E-state index contributed by atoms with van der Waals surface area (Å²) in [6.07, 6.45) is 0. The average molecular weight is 394 g/mol. The summed E-state index contributed by atoms with van der Waals surface area (Å²) in [4.78, 5) is 12.1. The number of aromatic hydroxyl groups is 1. The van der Waals surface area contributed by atoms with Crippen molar-refractivity contribution in [3.05, 3.63) is 65.7 Å². The van der Waals surface area contributed by atoms with Crippen LogP contribution >= 0.6 is 11.6 Å². The third kappa shape index (κ3) is 3.43. The molecule has 0 saturated heterocycles. The highest BCUT2D eigenvalue weighted by molar-refractivity contribution is 6.30. The predicted octanol–water partition coefficient (Wildman–Crippen LogP) is 4.82. The molecular formula is C20H16ClN5O2. The van der Waals surface area contributed by atoms with Crippen LogP contribution in [0.3, 0.4) is 0 Å². The topological polar surface area (TPSA) is 116 Å². The van der Waals surface area contributed by atoms with Gasteiger partial charge >= 0.3 is 6.03 Å². The van der Waals surface area contributed by atoms with Crippen LogP contribution in [0.5, 0.6) is 5.75 Å². The fraction of sp³-hybridized carbons (Fsp3) is 0. The van der Waals surface area contributed by atoms with Gasteiger partial charge in [0.05, 0.1) is 5.39 Å². The number of H-pyrrole nitrogens is 1. The smallest absolute Gasteiger partial charge is 0.323 e. The lowest BCUT2D eigenvalue weighted by Crippen LogP contribution is -2.19. The Morgan fingerprint density at radius 3 is 2.54 bits per heavy atom. The van der Waals surface area contributed by atoms with Gasteiger partial charge in [-0.1, -0.05) is 29.8 Å². The van der Waals surface area contributed by atoms with E-state index in [0.717, 1.165) is 11.1 Å². The van der Waals surface area contributed by atoms with Crippen LogP contribution in [0.25, 0.3) is 22.0 Å². The van der Waals surface area contributed by atoms with Crippen LogP contribution in [-0.4, -0.2) is 21.3 Å². The minimum Gasteiger partial charge on any atom is -0.506 e. The molecule has 0 atom stereocenters. The van der Waals surface area contributed by atoms with Gasteiger partial charge in [-0.15, -0.1) is 0 Å². The number of nitrogens with zero attached hydrogens (tertiary/aromatic N) is 1. The summed E-state index contributed by atoms with van der Waals surface area (Å²) in [7, 11) is 0. The zero-order chi connectivity index (χ0) is 19.7. The Morgan fingerprint density at radius 1 is 1.04 bits per heavy atom. The number of nitrogens with one attached hydrogen (secondary N) is 3. The third-order valence-corrected chi connectivity index (χ3v) is 4.50. The monoisotopic (exact) mass is 393 g/mol. The van der Waals surface area contributed by atoms with Crippen molar-refractivity contribution in [3.63, 3.8) is 0 Å². The maximum Gasteiger partial charge on any atom is 0.323 e. The molecule has 28 heavy (non-hydrogen) atoms. The highest BCUT2D eigenvalue weighted by atomic mass is 35.5. The van der Waals surface area contributed by atoms with Crippen LogP contribution in [0.1, 0.15) is 0 Å². The Bertz CT molecular complexity index is 1170. The fourth-order valence-electron chi connectivity index (χ4n) is 2.98. The number of fused-ring (bicyclic) bond motifs is 1. The number of nitrogen functional groups attached to an aromatic ring is 1. The first-order valence-electron chi connectivity index (χ1n) is 8.41. The summed E-state index contributed by atoms with van der Waals surface area (Å²) in [5.74, 6) is 0.392. The number of aromatic amines is 1. The van der Waals surface area contributed by atoms with Crippen molar-refractivity contribution in [1.82, 2.24) is 10.2 Å². The van der Waals surface area contributed by atoms with Gasteiger partial charge in [0.15, 0.2) is 5.82 Å². The van der Waals surface area contributed by atoms with E-state index in [1.54, 1.807) is 48.5 Å². The number of benzene rings is 3. The summed E-state index contributed by atoms with van der Waals surface area (Å²) in [6.45, 7) is 0. The van der Waals surface area contributed by atoms with Gasteiger partial charge in [0.1, 0.15) is 11.3 Å². The lowest BCUT2D eigenvalue weighted by molar-refractivity contribution is 0.262. The predicted molar refractivity (Wildman–Crippen MR) is 112 cm³/mol. The van der Waals surface area contributed by atoms with Crippen molar-refractivity contribution in [2.45, 2.75) is 0 Å². The van der Waals surface area contributed by atoms with Crippen LogP contribution in [-0.2, 0) is 0 Å². The number of urea groups is 1. The van der Waals surface area contributed by atoms with E-state index in [0.29, 0.717) is 33.1 Å². The number of phenols is 1. The molecule has 0 fully saturated rings. The Morgan fingerprint density at radius 2 is 1.79 bits per heavy atom. The van der Waals surface area contributed by atoms with Crippen LogP contribution in [0.4, 0.5) is 22.0 Å². The number of halogens is 1. The van der Waals surface area contributed by atoms with Crippen molar-refractivity contribution in [2.24, 2.45) is 0 Å². The van der Waals surface area contributed by atoms with Crippen LogP contribution in [0, 0.1) is 0 Å². The van der Waals surface area contributed by atoms with Gasteiger partial charge in [-0.3, -0.25) is 5.10 Å². The molecule has 0 radical (unpaired) electrons. The number of nitrogens with two attached hydrogens (primary N) is 1. The summed E-state index contributed by atoms with van der Waals surface area (Å²) < 4.78 is 0. The molecule has 0 saturated carbocycles. The molecule has 0 aliphatic carbocycles. The van der Waals surface area contributed by atoms with Crippen molar-refractivity contribution >= 4 is 45.7 Å². The molecule has 2 amide bonds. The number of hydrogen-bond donors (Lipinski definition) is 5. The number of hydrogen-bond acceptors (Lipinski definition) is 4. The Balaban J connectivity index is 1.54. The number of carbonyl (C=O) groups is 1. The number of aromatic nitrogens is 2. The number of anilines is 3. The average Bonchev–Trinajstić information content (AvgIpc) is 3.06. The van der Waals surface area contributed by atoms with Gasteiger partial charge in [0, 0.05) is 16.4 Å². The van der Waals surface area contributed by atoms with Crippen molar-refractivity contribution in [1.29, 1.82) is 0 Å². The van der Waals surface area contributed by atoms with Gasteiger partial charge in [-0.2, -0.15) is 5.10 Å². The van der Waals surface area contributed by atoms with Crippen molar-refractivity contribution in [3.8, 4) is 16.9 Å². The zero-order valence-corrected chi connectivity index (χ0v) is 15.3. The van der Waals surface area contributed by atoms with E-state index < -0.39 is 0 Å². The van der Waals surface area contributed by atoms with Crippen LogP contribution < -0.4 is 16.4 Å². The van der Waals surface area contributed by atoms with Gasteiger partial charge < -0.3 is 21.5 Å². The molecular weight excluding hydrogens is 378 g/mol. The number of rotatable bonds is 3. The minimum absolute atomic E-state index is 0.0823. The molecule has 6 N–H and O–H groups in total.